The Kier molecular flexibility index (Phi) is 3.97. The molecule has 0 unspecified atom stereocenters. The van der Waals surface area contributed by atoms with Gasteiger partial charge in [-0.3, -0.25) is 0 Å². The Balaban J connectivity index is 2.14. The number of rotatable bonds is 4. The minimum atomic E-state index is -0.371. The Morgan fingerprint density at radius 3 is 2.73 bits per heavy atom. The van der Waals surface area contributed by atoms with E-state index < -0.39 is 0 Å². The van der Waals surface area contributed by atoms with Gasteiger partial charge in [-0.25, -0.2) is 4.79 Å². The van der Waals surface area contributed by atoms with Crippen LogP contribution < -0.4 is 0 Å². The highest BCUT2D eigenvalue weighted by Gasteiger charge is 2.23. The highest BCUT2D eigenvalue weighted by molar-refractivity contribution is 7.13. The topological polar surface area (TPSA) is 69.9 Å². The van der Waals surface area contributed by atoms with Crippen LogP contribution in [0.4, 0.5) is 0 Å². The number of benzene rings is 1. The summed E-state index contributed by atoms with van der Waals surface area (Å²) in [5, 5.41) is 13.7. The monoisotopic (exact) mass is 314 g/mol. The lowest BCUT2D eigenvalue weighted by atomic mass is 10.0. The first kappa shape index (κ1) is 14.4. The molecular formula is C15H14N4O2S. The molecule has 0 aliphatic heterocycles. The summed E-state index contributed by atoms with van der Waals surface area (Å²) < 4.78 is 6.68. The first-order chi connectivity index (χ1) is 10.7. The van der Waals surface area contributed by atoms with Gasteiger partial charge in [0.05, 0.1) is 6.61 Å². The van der Waals surface area contributed by atoms with E-state index in [-0.39, 0.29) is 5.97 Å². The Morgan fingerprint density at radius 2 is 2.09 bits per heavy atom. The molecule has 0 radical (unpaired) electrons. The van der Waals surface area contributed by atoms with Gasteiger partial charge in [0, 0.05) is 10.9 Å². The number of carbonyl (C=O) groups is 1. The third-order valence-corrected chi connectivity index (χ3v) is 4.14. The molecule has 0 aliphatic rings. The first-order valence-electron chi connectivity index (χ1n) is 6.79. The lowest BCUT2D eigenvalue weighted by molar-refractivity contribution is 0.0528. The van der Waals surface area contributed by atoms with Gasteiger partial charge >= 0.3 is 5.97 Å². The molecule has 0 N–H and O–H groups in total. The molecule has 6 nitrogen and oxygen atoms in total. The number of hydrogen-bond donors (Lipinski definition) is 0. The Bertz CT molecular complexity index is 778. The predicted octanol–water partition coefficient (Wildman–Crippen LogP) is 2.88. The van der Waals surface area contributed by atoms with Crippen LogP contribution in [0.5, 0.6) is 0 Å². The fraction of sp³-hybridized carbons (Fsp3) is 0.200. The van der Waals surface area contributed by atoms with Crippen molar-refractivity contribution in [2.75, 3.05) is 6.61 Å². The van der Waals surface area contributed by atoms with Crippen molar-refractivity contribution in [3.8, 4) is 16.1 Å². The van der Waals surface area contributed by atoms with Crippen molar-refractivity contribution in [3.05, 3.63) is 47.1 Å². The number of aromatic nitrogens is 4. The maximum atomic E-state index is 12.4. The summed E-state index contributed by atoms with van der Waals surface area (Å²) in [6.07, 6.45) is 1.47. The minimum absolute atomic E-state index is 0.317. The lowest BCUT2D eigenvalue weighted by Crippen LogP contribution is -2.09. The maximum absolute atomic E-state index is 12.4. The molecule has 22 heavy (non-hydrogen) atoms. The molecule has 112 valence electrons. The average molecular weight is 314 g/mol. The zero-order chi connectivity index (χ0) is 15.5. The highest BCUT2D eigenvalue weighted by atomic mass is 32.1. The quantitative estimate of drug-likeness (QED) is 0.693. The number of carbonyl (C=O) groups excluding carboxylic acids is 1. The molecule has 0 spiro atoms. The molecule has 0 aliphatic carbocycles. The van der Waals surface area contributed by atoms with Gasteiger partial charge in [0.1, 0.15) is 16.9 Å². The van der Waals surface area contributed by atoms with E-state index in [1.165, 1.54) is 22.3 Å². The van der Waals surface area contributed by atoms with Gasteiger partial charge < -0.3 is 4.74 Å². The number of aryl methyl sites for hydroxylation is 1. The molecule has 0 saturated carbocycles. The summed E-state index contributed by atoms with van der Waals surface area (Å²) >= 11 is 1.41. The molecule has 0 saturated heterocycles. The van der Waals surface area contributed by atoms with E-state index in [2.05, 4.69) is 15.5 Å². The van der Waals surface area contributed by atoms with Crippen LogP contribution in [0.2, 0.25) is 0 Å². The van der Waals surface area contributed by atoms with Crippen LogP contribution in [0.3, 0.4) is 0 Å². The number of ether oxygens (including phenoxy) is 1. The van der Waals surface area contributed by atoms with Crippen molar-refractivity contribution in [1.29, 1.82) is 0 Å². The Hall–Kier alpha value is -2.54. The second-order valence-corrected chi connectivity index (χ2v) is 5.53. The molecule has 0 amide bonds. The smallest absolute Gasteiger partial charge is 0.341 e. The summed E-state index contributed by atoms with van der Waals surface area (Å²) in [5.74, 6) is -0.371. The summed E-state index contributed by atoms with van der Waals surface area (Å²) in [4.78, 5) is 12.4. The molecular weight excluding hydrogens is 300 g/mol. The second kappa shape index (κ2) is 6.07. The number of nitrogens with zero attached hydrogens (tertiary/aromatic N) is 4. The first-order valence-corrected chi connectivity index (χ1v) is 7.67. The average Bonchev–Trinajstić information content (AvgIpc) is 3.17. The SMILES string of the molecule is CCOC(=O)c1c(-c2ccc(C)cc2)csc1-n1cnnn1. The number of esters is 1. The van der Waals surface area contributed by atoms with Gasteiger partial charge in [0.2, 0.25) is 0 Å². The third-order valence-electron chi connectivity index (χ3n) is 3.17. The van der Waals surface area contributed by atoms with Crippen LogP contribution in [0, 0.1) is 6.92 Å². The van der Waals surface area contributed by atoms with Crippen molar-refractivity contribution in [2.45, 2.75) is 13.8 Å². The number of thiophene rings is 1. The van der Waals surface area contributed by atoms with Crippen molar-refractivity contribution < 1.29 is 9.53 Å². The van der Waals surface area contributed by atoms with Crippen LogP contribution in [0.25, 0.3) is 16.1 Å². The molecule has 7 heteroatoms. The molecule has 0 atom stereocenters. The van der Waals surface area contributed by atoms with E-state index in [9.17, 15) is 4.79 Å². The van der Waals surface area contributed by atoms with Crippen molar-refractivity contribution in [3.63, 3.8) is 0 Å². The molecule has 3 rings (SSSR count). The van der Waals surface area contributed by atoms with Crippen LogP contribution in [0.15, 0.2) is 36.0 Å². The number of tetrazole rings is 1. The van der Waals surface area contributed by atoms with Gasteiger partial charge in [-0.2, -0.15) is 4.68 Å². The minimum Gasteiger partial charge on any atom is -0.462 e. The van der Waals surface area contributed by atoms with E-state index in [4.69, 9.17) is 4.74 Å². The summed E-state index contributed by atoms with van der Waals surface area (Å²) in [6, 6.07) is 8.00. The zero-order valence-electron chi connectivity index (χ0n) is 12.2. The fourth-order valence-corrected chi connectivity index (χ4v) is 3.10. The second-order valence-electron chi connectivity index (χ2n) is 4.67. The molecule has 1 aromatic carbocycles. The van der Waals surface area contributed by atoms with E-state index in [1.54, 1.807) is 6.92 Å². The van der Waals surface area contributed by atoms with Crippen molar-refractivity contribution in [1.82, 2.24) is 20.2 Å². The summed E-state index contributed by atoms with van der Waals surface area (Å²) in [5.41, 5.74) is 3.44. The molecule has 0 fully saturated rings. The van der Waals surface area contributed by atoms with E-state index in [0.29, 0.717) is 17.2 Å². The van der Waals surface area contributed by atoms with Crippen molar-refractivity contribution >= 4 is 17.3 Å². The Morgan fingerprint density at radius 1 is 1.32 bits per heavy atom. The van der Waals surface area contributed by atoms with Gasteiger partial charge in [0.15, 0.2) is 0 Å². The van der Waals surface area contributed by atoms with Crippen molar-refractivity contribution in [2.24, 2.45) is 0 Å². The Labute approximate surface area is 131 Å². The largest absolute Gasteiger partial charge is 0.462 e. The van der Waals surface area contributed by atoms with Gasteiger partial charge in [-0.15, -0.1) is 16.4 Å². The van der Waals surface area contributed by atoms with Gasteiger partial charge in [-0.1, -0.05) is 29.8 Å². The molecule has 3 aromatic rings. The normalized spacial score (nSPS) is 10.6. The van der Waals surface area contributed by atoms with E-state index in [1.807, 2.05) is 36.6 Å². The summed E-state index contributed by atoms with van der Waals surface area (Å²) in [6.45, 7) is 4.12. The van der Waals surface area contributed by atoms with Crippen LogP contribution in [0.1, 0.15) is 22.8 Å². The van der Waals surface area contributed by atoms with Crippen LogP contribution in [-0.4, -0.2) is 32.8 Å². The van der Waals surface area contributed by atoms with E-state index in [0.717, 1.165) is 16.7 Å². The maximum Gasteiger partial charge on any atom is 0.341 e. The fourth-order valence-electron chi connectivity index (χ4n) is 2.12. The highest BCUT2D eigenvalue weighted by Crippen LogP contribution is 2.34. The van der Waals surface area contributed by atoms with Crippen LogP contribution in [-0.2, 0) is 4.74 Å². The summed E-state index contributed by atoms with van der Waals surface area (Å²) in [7, 11) is 0. The molecule has 2 heterocycles. The molecule has 0 bridgehead atoms. The standard InChI is InChI=1S/C15H14N4O2S/c1-3-21-15(20)13-12(11-6-4-10(2)5-7-11)8-22-14(13)19-9-16-17-18-19/h4-9H,3H2,1-2H3. The predicted molar refractivity (Wildman–Crippen MR) is 83.2 cm³/mol. The third kappa shape index (κ3) is 2.62. The number of hydrogen-bond acceptors (Lipinski definition) is 6. The van der Waals surface area contributed by atoms with Gasteiger partial charge in [0.25, 0.3) is 0 Å². The lowest BCUT2D eigenvalue weighted by Gasteiger charge is -2.07. The van der Waals surface area contributed by atoms with Gasteiger partial charge in [-0.05, 0) is 29.8 Å². The molecule has 2 aromatic heterocycles. The van der Waals surface area contributed by atoms with Crippen LogP contribution >= 0.6 is 11.3 Å². The zero-order valence-corrected chi connectivity index (χ0v) is 13.0. The van der Waals surface area contributed by atoms with E-state index >= 15 is 0 Å².